The van der Waals surface area contributed by atoms with Crippen molar-refractivity contribution in [3.05, 3.63) is 20.8 Å². The molecule has 1 heterocycles. The Morgan fingerprint density at radius 2 is 2.06 bits per heavy atom. The van der Waals surface area contributed by atoms with Crippen LogP contribution in [0.25, 0.3) is 0 Å². The van der Waals surface area contributed by atoms with Gasteiger partial charge in [-0.25, -0.2) is 0 Å². The van der Waals surface area contributed by atoms with Gasteiger partial charge < -0.3 is 4.90 Å². The van der Waals surface area contributed by atoms with Gasteiger partial charge in [-0.3, -0.25) is 0 Å². The number of alkyl halides is 1. The molecule has 1 nitrogen and oxygen atoms in total. The number of rotatable bonds is 8. The van der Waals surface area contributed by atoms with Crippen molar-refractivity contribution in [2.75, 3.05) is 19.5 Å². The Hall–Kier alpha value is 0.430. The molecule has 1 rings (SSSR count). The Labute approximate surface area is 116 Å². The summed E-state index contributed by atoms with van der Waals surface area (Å²) in [5.41, 5.74) is 1.40. The molecule has 0 amide bonds. The third-order valence-corrected chi connectivity index (χ3v) is 4.32. The number of unbranched alkanes of at least 4 members (excludes halogenated alkanes) is 3. The van der Waals surface area contributed by atoms with Gasteiger partial charge in [-0.15, -0.1) is 22.9 Å². The molecule has 0 saturated heterocycles. The maximum atomic E-state index is 5.64. The molecule has 1 aromatic heterocycles. The quantitative estimate of drug-likeness (QED) is 0.493. The zero-order chi connectivity index (χ0) is 11.8. The molecule has 0 unspecified atom stereocenters. The molecular formula is C12H19BrClNS. The van der Waals surface area contributed by atoms with Gasteiger partial charge in [0.1, 0.15) is 0 Å². The van der Waals surface area contributed by atoms with Crippen molar-refractivity contribution in [3.63, 3.8) is 0 Å². The Kier molecular flexibility index (Phi) is 7.71. The summed E-state index contributed by atoms with van der Waals surface area (Å²) < 4.78 is 1.22. The van der Waals surface area contributed by atoms with Gasteiger partial charge in [-0.1, -0.05) is 12.8 Å². The fraction of sp³-hybridized carbons (Fsp3) is 0.667. The first-order valence-electron chi connectivity index (χ1n) is 5.70. The lowest BCUT2D eigenvalue weighted by Gasteiger charge is -2.15. The number of hydrogen-bond acceptors (Lipinski definition) is 2. The lowest BCUT2D eigenvalue weighted by molar-refractivity contribution is 0.317. The van der Waals surface area contributed by atoms with E-state index < -0.39 is 0 Å². The number of hydrogen-bond donors (Lipinski definition) is 0. The third-order valence-electron chi connectivity index (χ3n) is 2.50. The van der Waals surface area contributed by atoms with Crippen molar-refractivity contribution < 1.29 is 0 Å². The first kappa shape index (κ1) is 14.5. The van der Waals surface area contributed by atoms with Crippen LogP contribution in [0.2, 0.25) is 0 Å². The van der Waals surface area contributed by atoms with E-state index in [0.717, 1.165) is 18.8 Å². The Morgan fingerprint density at radius 1 is 1.31 bits per heavy atom. The average Bonchev–Trinajstić information content (AvgIpc) is 2.63. The van der Waals surface area contributed by atoms with Crippen LogP contribution in [0.3, 0.4) is 0 Å². The standard InChI is InChI=1S/C12H19BrClNS/c1-15(7-5-3-2-4-6-14)9-11-8-12(13)16-10-11/h8,10H,2-7,9H2,1H3. The number of thiophene rings is 1. The third kappa shape index (κ3) is 6.24. The number of nitrogens with zero attached hydrogens (tertiary/aromatic N) is 1. The van der Waals surface area contributed by atoms with Crippen LogP contribution in [0, 0.1) is 0 Å². The molecule has 0 aliphatic carbocycles. The zero-order valence-corrected chi connectivity index (χ0v) is 12.9. The molecule has 1 aromatic rings. The lowest BCUT2D eigenvalue weighted by atomic mass is 10.2. The van der Waals surface area contributed by atoms with Gasteiger partial charge in [0.15, 0.2) is 0 Å². The smallest absolute Gasteiger partial charge is 0.0701 e. The summed E-state index contributed by atoms with van der Waals surface area (Å²) in [7, 11) is 2.19. The topological polar surface area (TPSA) is 3.24 Å². The monoisotopic (exact) mass is 323 g/mol. The number of halogens is 2. The second kappa shape index (κ2) is 8.51. The first-order chi connectivity index (χ1) is 7.72. The van der Waals surface area contributed by atoms with Gasteiger partial charge in [-0.05, 0) is 59.4 Å². The van der Waals surface area contributed by atoms with E-state index in [2.05, 4.69) is 39.3 Å². The molecule has 0 saturated carbocycles. The average molecular weight is 325 g/mol. The van der Waals surface area contributed by atoms with Crippen molar-refractivity contribution in [1.29, 1.82) is 0 Å². The normalized spacial score (nSPS) is 11.2. The zero-order valence-electron chi connectivity index (χ0n) is 9.72. The van der Waals surface area contributed by atoms with Crippen LogP contribution in [0.4, 0.5) is 0 Å². The fourth-order valence-electron chi connectivity index (χ4n) is 1.65. The summed E-state index contributed by atoms with van der Waals surface area (Å²) in [5, 5.41) is 2.22. The van der Waals surface area contributed by atoms with Crippen LogP contribution in [0.5, 0.6) is 0 Å². The molecule has 0 aliphatic rings. The minimum atomic E-state index is 0.804. The summed E-state index contributed by atoms with van der Waals surface area (Å²) in [5.74, 6) is 0.804. The van der Waals surface area contributed by atoms with E-state index in [-0.39, 0.29) is 0 Å². The summed E-state index contributed by atoms with van der Waals surface area (Å²) >= 11 is 10.9. The maximum absolute atomic E-state index is 5.64. The summed E-state index contributed by atoms with van der Waals surface area (Å²) in [6.45, 7) is 2.23. The summed E-state index contributed by atoms with van der Waals surface area (Å²) in [6, 6.07) is 2.20. The van der Waals surface area contributed by atoms with Crippen molar-refractivity contribution in [2.24, 2.45) is 0 Å². The van der Waals surface area contributed by atoms with Gasteiger partial charge in [-0.2, -0.15) is 0 Å². The highest BCUT2D eigenvalue weighted by atomic mass is 79.9. The fourth-order valence-corrected chi connectivity index (χ4v) is 3.04. The Bertz CT molecular complexity index is 290. The van der Waals surface area contributed by atoms with Crippen molar-refractivity contribution in [3.8, 4) is 0 Å². The van der Waals surface area contributed by atoms with E-state index in [1.165, 1.54) is 35.2 Å². The molecular weight excluding hydrogens is 306 g/mol. The largest absolute Gasteiger partial charge is 0.302 e. The van der Waals surface area contributed by atoms with E-state index in [0.29, 0.717) is 0 Å². The molecule has 0 N–H and O–H groups in total. The van der Waals surface area contributed by atoms with E-state index in [1.807, 2.05) is 0 Å². The van der Waals surface area contributed by atoms with Crippen LogP contribution in [-0.4, -0.2) is 24.4 Å². The van der Waals surface area contributed by atoms with Gasteiger partial charge in [0, 0.05) is 12.4 Å². The van der Waals surface area contributed by atoms with Gasteiger partial charge in [0.2, 0.25) is 0 Å². The molecule has 0 atom stereocenters. The Balaban J connectivity index is 2.09. The van der Waals surface area contributed by atoms with Gasteiger partial charge in [0.05, 0.1) is 3.79 Å². The van der Waals surface area contributed by atoms with Crippen LogP contribution in [0.1, 0.15) is 31.2 Å². The molecule has 16 heavy (non-hydrogen) atoms. The molecule has 0 aromatic carbocycles. The highest BCUT2D eigenvalue weighted by molar-refractivity contribution is 9.11. The summed E-state index contributed by atoms with van der Waals surface area (Å²) in [4.78, 5) is 2.38. The second-order valence-corrected chi connectivity index (χ2v) is 6.77. The van der Waals surface area contributed by atoms with Crippen LogP contribution in [-0.2, 0) is 6.54 Å². The molecule has 0 bridgehead atoms. The van der Waals surface area contributed by atoms with Crippen LogP contribution < -0.4 is 0 Å². The van der Waals surface area contributed by atoms with Gasteiger partial charge >= 0.3 is 0 Å². The van der Waals surface area contributed by atoms with E-state index >= 15 is 0 Å². The first-order valence-corrected chi connectivity index (χ1v) is 7.90. The van der Waals surface area contributed by atoms with Crippen LogP contribution >= 0.6 is 38.9 Å². The highest BCUT2D eigenvalue weighted by Gasteiger charge is 2.02. The molecule has 0 spiro atoms. The van der Waals surface area contributed by atoms with Crippen molar-refractivity contribution in [1.82, 2.24) is 4.90 Å². The Morgan fingerprint density at radius 3 is 2.69 bits per heavy atom. The maximum Gasteiger partial charge on any atom is 0.0701 e. The van der Waals surface area contributed by atoms with Crippen molar-refractivity contribution in [2.45, 2.75) is 32.2 Å². The molecule has 0 aliphatic heterocycles. The van der Waals surface area contributed by atoms with Crippen LogP contribution in [0.15, 0.2) is 15.2 Å². The minimum absolute atomic E-state index is 0.804. The lowest BCUT2D eigenvalue weighted by Crippen LogP contribution is -2.18. The van der Waals surface area contributed by atoms with Crippen molar-refractivity contribution >= 4 is 38.9 Å². The van der Waals surface area contributed by atoms with E-state index in [4.69, 9.17) is 11.6 Å². The van der Waals surface area contributed by atoms with E-state index in [9.17, 15) is 0 Å². The summed E-state index contributed by atoms with van der Waals surface area (Å²) in [6.07, 6.45) is 4.99. The second-order valence-electron chi connectivity index (χ2n) is 4.10. The predicted octanol–water partition coefficient (Wildman–Crippen LogP) is 4.74. The molecule has 92 valence electrons. The highest BCUT2D eigenvalue weighted by Crippen LogP contribution is 2.21. The molecule has 4 heteroatoms. The molecule has 0 radical (unpaired) electrons. The van der Waals surface area contributed by atoms with E-state index in [1.54, 1.807) is 11.3 Å². The predicted molar refractivity (Wildman–Crippen MR) is 77.5 cm³/mol. The van der Waals surface area contributed by atoms with Gasteiger partial charge in [0.25, 0.3) is 0 Å². The minimum Gasteiger partial charge on any atom is -0.302 e. The molecule has 0 fully saturated rings. The SMILES string of the molecule is CN(CCCCCCCl)Cc1csc(Br)c1.